The van der Waals surface area contributed by atoms with Crippen molar-refractivity contribution in [1.82, 2.24) is 20.1 Å². The third-order valence-corrected chi connectivity index (χ3v) is 4.60. The fraction of sp³-hybridized carbons (Fsp3) is 0.500. The van der Waals surface area contributed by atoms with Gasteiger partial charge in [0.15, 0.2) is 5.82 Å². The first-order valence-corrected chi connectivity index (χ1v) is 9.58. The summed E-state index contributed by atoms with van der Waals surface area (Å²) in [6.07, 6.45) is 2.98. The molecule has 1 heterocycles. The quantitative estimate of drug-likeness (QED) is 0.702. The van der Waals surface area contributed by atoms with Gasteiger partial charge in [-0.15, -0.1) is 5.10 Å². The van der Waals surface area contributed by atoms with Crippen LogP contribution in [0.25, 0.3) is 11.4 Å². The second-order valence-electron chi connectivity index (χ2n) is 5.69. The molecule has 2 rings (SSSR count). The molecule has 0 fully saturated rings. The minimum atomic E-state index is 0.155. The normalized spacial score (nSPS) is 10.8. The van der Waals surface area contributed by atoms with Crippen LogP contribution in [-0.4, -0.2) is 44.8 Å². The predicted molar refractivity (Wildman–Crippen MR) is 99.1 cm³/mol. The minimum absolute atomic E-state index is 0.155. The number of nitrogens with one attached hydrogen (secondary N) is 1. The van der Waals surface area contributed by atoms with E-state index in [1.54, 1.807) is 0 Å². The van der Waals surface area contributed by atoms with Gasteiger partial charge >= 0.3 is 0 Å². The Morgan fingerprint density at radius 1 is 1.12 bits per heavy atom. The molecule has 1 amide bonds. The predicted octanol–water partition coefficient (Wildman–Crippen LogP) is 3.77. The highest BCUT2D eigenvalue weighted by molar-refractivity contribution is 7.99. The Kier molecular flexibility index (Phi) is 7.31. The summed E-state index contributed by atoms with van der Waals surface area (Å²) in [5.41, 5.74) is 2.31. The topological polar surface area (TPSA) is 61.9 Å². The lowest BCUT2D eigenvalue weighted by molar-refractivity contribution is -0.128. The van der Waals surface area contributed by atoms with Crippen LogP contribution in [0.3, 0.4) is 0 Å². The number of thioether (sulfide) groups is 1. The van der Waals surface area contributed by atoms with Crippen LogP contribution in [0.1, 0.15) is 39.2 Å². The van der Waals surface area contributed by atoms with Crippen molar-refractivity contribution in [2.24, 2.45) is 0 Å². The Labute approximate surface area is 148 Å². The molecule has 130 valence electrons. The summed E-state index contributed by atoms with van der Waals surface area (Å²) >= 11 is 1.39. The minimum Gasteiger partial charge on any atom is -0.342 e. The van der Waals surface area contributed by atoms with E-state index in [0.717, 1.165) is 43.7 Å². The Balaban J connectivity index is 1.94. The van der Waals surface area contributed by atoms with Gasteiger partial charge in [0, 0.05) is 18.7 Å². The molecule has 0 saturated carbocycles. The first-order valence-electron chi connectivity index (χ1n) is 8.60. The van der Waals surface area contributed by atoms with Gasteiger partial charge in [-0.2, -0.15) is 0 Å². The molecule has 1 aromatic carbocycles. The van der Waals surface area contributed by atoms with Gasteiger partial charge < -0.3 is 4.90 Å². The molecule has 0 unspecified atom stereocenters. The number of benzene rings is 1. The van der Waals surface area contributed by atoms with Crippen molar-refractivity contribution in [3.05, 3.63) is 29.8 Å². The van der Waals surface area contributed by atoms with Gasteiger partial charge in [-0.05, 0) is 24.8 Å². The first-order chi connectivity index (χ1) is 11.7. The average Bonchev–Trinajstić information content (AvgIpc) is 3.08. The molecule has 0 spiro atoms. The number of aryl methyl sites for hydroxylation is 1. The molecule has 1 N–H and O–H groups in total. The third kappa shape index (κ3) is 5.09. The number of amides is 1. The number of rotatable bonds is 9. The van der Waals surface area contributed by atoms with E-state index in [0.29, 0.717) is 10.9 Å². The summed E-state index contributed by atoms with van der Waals surface area (Å²) in [7, 11) is 0. The summed E-state index contributed by atoms with van der Waals surface area (Å²) in [6.45, 7) is 7.95. The van der Waals surface area contributed by atoms with Gasteiger partial charge in [0.25, 0.3) is 0 Å². The zero-order chi connectivity index (χ0) is 17.4. The van der Waals surface area contributed by atoms with Crippen LogP contribution in [0.5, 0.6) is 0 Å². The number of carbonyl (C=O) groups is 1. The second-order valence-corrected chi connectivity index (χ2v) is 6.63. The number of hydrogen-bond donors (Lipinski definition) is 1. The number of hydrogen-bond acceptors (Lipinski definition) is 4. The van der Waals surface area contributed by atoms with Gasteiger partial charge in [-0.25, -0.2) is 4.98 Å². The van der Waals surface area contributed by atoms with Crippen molar-refractivity contribution in [2.45, 2.75) is 45.2 Å². The molecule has 0 aliphatic carbocycles. The molecule has 6 heteroatoms. The standard InChI is InChI=1S/C18H26N4OS/c1-4-11-22(12-5-2)16(23)13-24-18-19-17(20-21-18)15-9-7-14(6-3)8-10-15/h7-10H,4-6,11-13H2,1-3H3,(H,19,20,21). The highest BCUT2D eigenvalue weighted by Gasteiger charge is 2.14. The summed E-state index contributed by atoms with van der Waals surface area (Å²) in [5, 5.41) is 7.79. The van der Waals surface area contributed by atoms with Crippen LogP contribution in [0.4, 0.5) is 0 Å². The van der Waals surface area contributed by atoms with Gasteiger partial charge in [0.1, 0.15) is 0 Å². The Morgan fingerprint density at radius 3 is 2.38 bits per heavy atom. The van der Waals surface area contributed by atoms with E-state index in [2.05, 4.69) is 48.1 Å². The number of nitrogens with zero attached hydrogens (tertiary/aromatic N) is 3. The van der Waals surface area contributed by atoms with E-state index >= 15 is 0 Å². The van der Waals surface area contributed by atoms with Crippen LogP contribution in [0.15, 0.2) is 29.4 Å². The summed E-state index contributed by atoms with van der Waals surface area (Å²) in [4.78, 5) is 18.7. The molecule has 24 heavy (non-hydrogen) atoms. The zero-order valence-electron chi connectivity index (χ0n) is 14.7. The summed E-state index contributed by atoms with van der Waals surface area (Å²) < 4.78 is 0. The highest BCUT2D eigenvalue weighted by Crippen LogP contribution is 2.20. The van der Waals surface area contributed by atoms with E-state index < -0.39 is 0 Å². The van der Waals surface area contributed by atoms with E-state index in [9.17, 15) is 4.79 Å². The summed E-state index contributed by atoms with van der Waals surface area (Å²) in [5.74, 6) is 1.28. The van der Waals surface area contributed by atoms with Crippen molar-refractivity contribution < 1.29 is 4.79 Å². The largest absolute Gasteiger partial charge is 0.342 e. The van der Waals surface area contributed by atoms with Gasteiger partial charge in [-0.1, -0.05) is 56.8 Å². The van der Waals surface area contributed by atoms with E-state index in [-0.39, 0.29) is 5.91 Å². The van der Waals surface area contributed by atoms with Crippen LogP contribution in [0, 0.1) is 0 Å². The van der Waals surface area contributed by atoms with Gasteiger partial charge in [0.2, 0.25) is 11.1 Å². The van der Waals surface area contributed by atoms with Crippen LogP contribution >= 0.6 is 11.8 Å². The maximum atomic E-state index is 12.3. The van der Waals surface area contributed by atoms with Gasteiger partial charge in [0.05, 0.1) is 5.75 Å². The molecule has 1 aromatic heterocycles. The molecule has 2 aromatic rings. The van der Waals surface area contributed by atoms with Gasteiger partial charge in [-0.3, -0.25) is 9.89 Å². The van der Waals surface area contributed by atoms with E-state index in [1.807, 2.05) is 17.0 Å². The van der Waals surface area contributed by atoms with E-state index in [1.165, 1.54) is 17.3 Å². The smallest absolute Gasteiger partial charge is 0.233 e. The molecule has 0 saturated heterocycles. The maximum Gasteiger partial charge on any atom is 0.233 e. The van der Waals surface area contributed by atoms with Crippen molar-refractivity contribution >= 4 is 17.7 Å². The molecule has 0 aliphatic rings. The highest BCUT2D eigenvalue weighted by atomic mass is 32.2. The van der Waals surface area contributed by atoms with Crippen molar-refractivity contribution in [2.75, 3.05) is 18.8 Å². The molecular weight excluding hydrogens is 320 g/mol. The second kappa shape index (κ2) is 9.47. The lowest BCUT2D eigenvalue weighted by Gasteiger charge is -2.20. The average molecular weight is 347 g/mol. The number of carbonyl (C=O) groups excluding carboxylic acids is 1. The van der Waals surface area contributed by atoms with E-state index in [4.69, 9.17) is 0 Å². The lowest BCUT2D eigenvalue weighted by atomic mass is 10.1. The fourth-order valence-corrected chi connectivity index (χ4v) is 3.16. The number of aromatic amines is 1. The molecular formula is C18H26N4OS. The Bertz CT molecular complexity index is 633. The van der Waals surface area contributed by atoms with Crippen LogP contribution in [-0.2, 0) is 11.2 Å². The zero-order valence-corrected chi connectivity index (χ0v) is 15.5. The monoisotopic (exact) mass is 346 g/mol. The maximum absolute atomic E-state index is 12.3. The Hall–Kier alpha value is -1.82. The van der Waals surface area contributed by atoms with Crippen LogP contribution in [0.2, 0.25) is 0 Å². The number of H-pyrrole nitrogens is 1. The summed E-state index contributed by atoms with van der Waals surface area (Å²) in [6, 6.07) is 8.29. The SMILES string of the molecule is CCCN(CCC)C(=O)CSc1n[nH]c(-c2ccc(CC)cc2)n1. The van der Waals surface area contributed by atoms with Crippen LogP contribution < -0.4 is 0 Å². The number of aromatic nitrogens is 3. The van der Waals surface area contributed by atoms with Crippen molar-refractivity contribution in [3.8, 4) is 11.4 Å². The first kappa shape index (κ1) is 18.5. The van der Waals surface area contributed by atoms with Crippen molar-refractivity contribution in [1.29, 1.82) is 0 Å². The molecule has 5 nitrogen and oxygen atoms in total. The molecule has 0 atom stereocenters. The Morgan fingerprint density at radius 2 is 1.79 bits per heavy atom. The molecule has 0 bridgehead atoms. The van der Waals surface area contributed by atoms with Crippen molar-refractivity contribution in [3.63, 3.8) is 0 Å². The lowest BCUT2D eigenvalue weighted by Crippen LogP contribution is -2.33. The third-order valence-electron chi connectivity index (χ3n) is 3.77. The fourth-order valence-electron chi connectivity index (χ4n) is 2.46. The molecule has 0 aliphatic heterocycles. The molecule has 0 radical (unpaired) electrons.